The van der Waals surface area contributed by atoms with Crippen molar-refractivity contribution in [1.82, 2.24) is 4.98 Å². The van der Waals surface area contributed by atoms with Gasteiger partial charge in [-0.1, -0.05) is 13.8 Å². The summed E-state index contributed by atoms with van der Waals surface area (Å²) in [5.41, 5.74) is 4.01. The van der Waals surface area contributed by atoms with Gasteiger partial charge in [-0.15, -0.1) is 0 Å². The average molecular weight is 275 g/mol. The van der Waals surface area contributed by atoms with Crippen LogP contribution in [0, 0.1) is 5.92 Å². The van der Waals surface area contributed by atoms with Crippen molar-refractivity contribution >= 4 is 11.7 Å². The van der Waals surface area contributed by atoms with Gasteiger partial charge in [-0.2, -0.15) is 13.2 Å². The number of primary amides is 1. The van der Waals surface area contributed by atoms with Crippen molar-refractivity contribution in [2.24, 2.45) is 11.7 Å². The van der Waals surface area contributed by atoms with Gasteiger partial charge in [0.25, 0.3) is 5.91 Å². The van der Waals surface area contributed by atoms with Gasteiger partial charge in [-0.25, -0.2) is 4.98 Å². The predicted molar refractivity (Wildman–Crippen MR) is 65.7 cm³/mol. The summed E-state index contributed by atoms with van der Waals surface area (Å²) in [6.45, 7) is 5.59. The van der Waals surface area contributed by atoms with E-state index in [0.717, 1.165) is 12.1 Å². The minimum absolute atomic E-state index is 0.0551. The van der Waals surface area contributed by atoms with Crippen molar-refractivity contribution in [3.8, 4) is 0 Å². The molecule has 0 fully saturated rings. The highest BCUT2D eigenvalue weighted by atomic mass is 19.4. The maximum atomic E-state index is 12.6. The second-order valence-electron chi connectivity index (χ2n) is 4.63. The molecule has 3 N–H and O–H groups in total. The highest BCUT2D eigenvalue weighted by Gasteiger charge is 2.33. The quantitative estimate of drug-likeness (QED) is 0.887. The summed E-state index contributed by atoms with van der Waals surface area (Å²) in [7, 11) is 0. The van der Waals surface area contributed by atoms with Crippen molar-refractivity contribution < 1.29 is 18.0 Å². The Kier molecular flexibility index (Phi) is 4.39. The Morgan fingerprint density at radius 3 is 2.32 bits per heavy atom. The van der Waals surface area contributed by atoms with Crippen molar-refractivity contribution in [2.45, 2.75) is 33.0 Å². The van der Waals surface area contributed by atoms with Crippen LogP contribution >= 0.6 is 0 Å². The van der Waals surface area contributed by atoms with E-state index >= 15 is 0 Å². The van der Waals surface area contributed by atoms with Crippen molar-refractivity contribution in [2.75, 3.05) is 5.32 Å². The van der Waals surface area contributed by atoms with Crippen molar-refractivity contribution in [3.05, 3.63) is 23.4 Å². The molecule has 1 aromatic rings. The summed E-state index contributed by atoms with van der Waals surface area (Å²) < 4.78 is 37.8. The first-order valence-corrected chi connectivity index (χ1v) is 5.77. The number of anilines is 1. The first-order valence-electron chi connectivity index (χ1n) is 5.77. The summed E-state index contributed by atoms with van der Waals surface area (Å²) in [6, 6.07) is 1.63. The lowest BCUT2D eigenvalue weighted by molar-refractivity contribution is -0.141. The van der Waals surface area contributed by atoms with E-state index in [2.05, 4.69) is 10.3 Å². The summed E-state index contributed by atoms with van der Waals surface area (Å²) in [6.07, 6.45) is -4.56. The molecule has 0 radical (unpaired) electrons. The summed E-state index contributed by atoms with van der Waals surface area (Å²) >= 11 is 0. The molecule has 1 amide bonds. The molecule has 4 nitrogen and oxygen atoms in total. The summed E-state index contributed by atoms with van der Waals surface area (Å²) in [5.74, 6) is -0.791. The van der Waals surface area contributed by atoms with E-state index in [0.29, 0.717) is 0 Å². The number of nitrogens with one attached hydrogen (secondary N) is 1. The van der Waals surface area contributed by atoms with Crippen molar-refractivity contribution in [1.29, 1.82) is 0 Å². The summed E-state index contributed by atoms with van der Waals surface area (Å²) in [4.78, 5) is 14.6. The molecule has 0 spiro atoms. The van der Waals surface area contributed by atoms with Crippen LogP contribution in [-0.2, 0) is 6.18 Å². The van der Waals surface area contributed by atoms with Gasteiger partial charge in [0.2, 0.25) is 0 Å². The molecule has 0 bridgehead atoms. The topological polar surface area (TPSA) is 68.0 Å². The fraction of sp³-hybridized carbons (Fsp3) is 0.500. The Labute approximate surface area is 109 Å². The van der Waals surface area contributed by atoms with E-state index in [1.807, 2.05) is 13.8 Å². The van der Waals surface area contributed by atoms with Gasteiger partial charge < -0.3 is 11.1 Å². The zero-order chi connectivity index (χ0) is 14.8. The van der Waals surface area contributed by atoms with Crippen LogP contribution in [0.4, 0.5) is 19.0 Å². The maximum absolute atomic E-state index is 12.6. The Hall–Kier alpha value is -1.79. The number of amides is 1. The van der Waals surface area contributed by atoms with E-state index < -0.39 is 17.8 Å². The predicted octanol–water partition coefficient (Wildman–Crippen LogP) is 2.66. The molecule has 0 aromatic carbocycles. The van der Waals surface area contributed by atoms with Crippen LogP contribution in [0.1, 0.15) is 36.8 Å². The number of alkyl halides is 3. The van der Waals surface area contributed by atoms with E-state index in [1.54, 1.807) is 6.92 Å². The Morgan fingerprint density at radius 2 is 1.89 bits per heavy atom. The zero-order valence-corrected chi connectivity index (χ0v) is 10.9. The minimum atomic E-state index is -4.56. The lowest BCUT2D eigenvalue weighted by Crippen LogP contribution is -2.26. The molecule has 19 heavy (non-hydrogen) atoms. The standard InChI is InChI=1S/C12H16F3N3O/c1-6(2)7(3)17-11-8(10(16)19)4-5-9(18-11)12(13,14)15/h4-7H,1-3H3,(H2,16,19)(H,17,18). The maximum Gasteiger partial charge on any atom is 0.433 e. The van der Waals surface area contributed by atoms with E-state index in [1.165, 1.54) is 0 Å². The molecule has 106 valence electrons. The fourth-order valence-electron chi connectivity index (χ4n) is 1.31. The van der Waals surface area contributed by atoms with Gasteiger partial charge in [0.05, 0.1) is 5.56 Å². The van der Waals surface area contributed by atoms with Gasteiger partial charge in [0.15, 0.2) is 0 Å². The number of hydrogen-bond acceptors (Lipinski definition) is 3. The van der Waals surface area contributed by atoms with Crippen LogP contribution in [0.5, 0.6) is 0 Å². The van der Waals surface area contributed by atoms with Crippen LogP contribution in [0.3, 0.4) is 0 Å². The molecule has 1 atom stereocenters. The smallest absolute Gasteiger partial charge is 0.367 e. The molecule has 1 rings (SSSR count). The lowest BCUT2D eigenvalue weighted by atomic mass is 10.1. The normalized spacial score (nSPS) is 13.4. The zero-order valence-electron chi connectivity index (χ0n) is 10.9. The first-order chi connectivity index (χ1) is 8.62. The monoisotopic (exact) mass is 275 g/mol. The number of carbonyl (C=O) groups excluding carboxylic acids is 1. The van der Waals surface area contributed by atoms with E-state index in [-0.39, 0.29) is 23.3 Å². The molecule has 7 heteroatoms. The molecule has 0 aliphatic heterocycles. The third-order valence-electron chi connectivity index (χ3n) is 2.82. The molecular weight excluding hydrogens is 259 g/mol. The van der Waals surface area contributed by atoms with Gasteiger partial charge in [-0.05, 0) is 25.0 Å². The van der Waals surface area contributed by atoms with E-state index in [4.69, 9.17) is 5.73 Å². The second kappa shape index (κ2) is 5.46. The fourth-order valence-corrected chi connectivity index (χ4v) is 1.31. The number of nitrogens with zero attached hydrogens (tertiary/aromatic N) is 1. The first kappa shape index (κ1) is 15.3. The Morgan fingerprint density at radius 1 is 1.32 bits per heavy atom. The molecule has 1 heterocycles. The van der Waals surface area contributed by atoms with Gasteiger partial charge in [0, 0.05) is 6.04 Å². The molecule has 0 aliphatic rings. The number of halogens is 3. The number of rotatable bonds is 4. The van der Waals surface area contributed by atoms with Crippen molar-refractivity contribution in [3.63, 3.8) is 0 Å². The number of aromatic nitrogens is 1. The minimum Gasteiger partial charge on any atom is -0.367 e. The van der Waals surface area contributed by atoms with Crippen LogP contribution in [0.15, 0.2) is 12.1 Å². The third-order valence-corrected chi connectivity index (χ3v) is 2.82. The van der Waals surface area contributed by atoms with Crippen LogP contribution in [-0.4, -0.2) is 16.9 Å². The van der Waals surface area contributed by atoms with E-state index in [9.17, 15) is 18.0 Å². The SMILES string of the molecule is CC(C)C(C)Nc1nc(C(F)(F)F)ccc1C(N)=O. The number of carbonyl (C=O) groups is 1. The molecule has 1 unspecified atom stereocenters. The number of pyridine rings is 1. The Bertz CT molecular complexity index is 472. The highest BCUT2D eigenvalue weighted by molar-refractivity contribution is 5.97. The van der Waals surface area contributed by atoms with Gasteiger partial charge >= 0.3 is 6.18 Å². The number of nitrogens with two attached hydrogens (primary N) is 1. The van der Waals surface area contributed by atoms with Crippen LogP contribution in [0.25, 0.3) is 0 Å². The van der Waals surface area contributed by atoms with Crippen LogP contribution in [0.2, 0.25) is 0 Å². The summed E-state index contributed by atoms with van der Waals surface area (Å²) in [5, 5.41) is 2.79. The number of hydrogen-bond donors (Lipinski definition) is 2. The molecule has 0 saturated heterocycles. The third kappa shape index (κ3) is 3.84. The highest BCUT2D eigenvalue weighted by Crippen LogP contribution is 2.29. The second-order valence-corrected chi connectivity index (χ2v) is 4.63. The molecule has 0 saturated carbocycles. The average Bonchev–Trinajstić information content (AvgIpc) is 2.27. The molecule has 1 aromatic heterocycles. The Balaban J connectivity index is 3.20. The molecular formula is C12H16F3N3O. The van der Waals surface area contributed by atoms with Gasteiger partial charge in [-0.3, -0.25) is 4.79 Å². The largest absolute Gasteiger partial charge is 0.433 e. The molecule has 0 aliphatic carbocycles. The van der Waals surface area contributed by atoms with Crippen LogP contribution < -0.4 is 11.1 Å². The lowest BCUT2D eigenvalue weighted by Gasteiger charge is -2.20. The van der Waals surface area contributed by atoms with Gasteiger partial charge in [0.1, 0.15) is 11.5 Å².